The predicted molar refractivity (Wildman–Crippen MR) is 106 cm³/mol. The van der Waals surface area contributed by atoms with Crippen molar-refractivity contribution < 1.29 is 9.59 Å². The average molecular weight is 366 g/mol. The van der Waals surface area contributed by atoms with Crippen LogP contribution in [-0.4, -0.2) is 54.4 Å². The third kappa shape index (κ3) is 5.29. The lowest BCUT2D eigenvalue weighted by Crippen LogP contribution is -2.48. The minimum atomic E-state index is -0.143. The molecule has 0 saturated carbocycles. The van der Waals surface area contributed by atoms with Crippen molar-refractivity contribution in [3.05, 3.63) is 59.9 Å². The Morgan fingerprint density at radius 1 is 1.04 bits per heavy atom. The largest absolute Gasteiger partial charge is 0.367 e. The third-order valence-electron chi connectivity index (χ3n) is 4.84. The second kappa shape index (κ2) is 9.16. The molecule has 1 N–H and O–H groups in total. The van der Waals surface area contributed by atoms with Crippen LogP contribution in [0.2, 0.25) is 0 Å². The molecule has 1 aliphatic rings. The molecule has 6 nitrogen and oxygen atoms in total. The number of aromatic nitrogens is 1. The van der Waals surface area contributed by atoms with Crippen LogP contribution < -0.4 is 10.2 Å². The molecule has 3 rings (SSSR count). The fourth-order valence-corrected chi connectivity index (χ4v) is 3.22. The Hall–Kier alpha value is -2.89. The number of nitrogens with zero attached hydrogens (tertiary/aromatic N) is 3. The average Bonchev–Trinajstić information content (AvgIpc) is 2.72. The van der Waals surface area contributed by atoms with Crippen molar-refractivity contribution in [2.75, 3.05) is 37.6 Å². The Bertz CT molecular complexity index is 754. The van der Waals surface area contributed by atoms with E-state index in [2.05, 4.69) is 27.3 Å². The van der Waals surface area contributed by atoms with Gasteiger partial charge in [0.2, 0.25) is 5.91 Å². The van der Waals surface area contributed by atoms with E-state index in [0.29, 0.717) is 12.2 Å². The van der Waals surface area contributed by atoms with Crippen LogP contribution >= 0.6 is 0 Å². The SMILES string of the molecule is CC(=O)N1CCN(c2ccc(C(=O)NCCCc3ccccc3)nc2)CC1. The summed E-state index contributed by atoms with van der Waals surface area (Å²) in [6.07, 6.45) is 3.58. The van der Waals surface area contributed by atoms with Gasteiger partial charge in [-0.1, -0.05) is 30.3 Å². The molecule has 27 heavy (non-hydrogen) atoms. The molecular weight excluding hydrogens is 340 g/mol. The number of carbonyl (C=O) groups excluding carboxylic acids is 2. The van der Waals surface area contributed by atoms with Crippen molar-refractivity contribution in [1.29, 1.82) is 0 Å². The van der Waals surface area contributed by atoms with Gasteiger partial charge in [0.15, 0.2) is 0 Å². The van der Waals surface area contributed by atoms with E-state index in [4.69, 9.17) is 0 Å². The highest BCUT2D eigenvalue weighted by Crippen LogP contribution is 2.15. The summed E-state index contributed by atoms with van der Waals surface area (Å²) in [4.78, 5) is 32.0. The van der Waals surface area contributed by atoms with Crippen LogP contribution in [0.5, 0.6) is 0 Å². The molecule has 0 unspecified atom stereocenters. The molecule has 6 heteroatoms. The minimum Gasteiger partial charge on any atom is -0.367 e. The number of amides is 2. The summed E-state index contributed by atoms with van der Waals surface area (Å²) >= 11 is 0. The lowest BCUT2D eigenvalue weighted by atomic mass is 10.1. The number of carbonyl (C=O) groups is 2. The van der Waals surface area contributed by atoms with E-state index in [1.54, 1.807) is 19.2 Å². The summed E-state index contributed by atoms with van der Waals surface area (Å²) in [5.41, 5.74) is 2.69. The summed E-state index contributed by atoms with van der Waals surface area (Å²) in [7, 11) is 0. The van der Waals surface area contributed by atoms with Crippen LogP contribution in [0, 0.1) is 0 Å². The van der Waals surface area contributed by atoms with Gasteiger partial charge in [-0.15, -0.1) is 0 Å². The monoisotopic (exact) mass is 366 g/mol. The molecule has 2 heterocycles. The molecule has 2 amide bonds. The summed E-state index contributed by atoms with van der Waals surface area (Å²) in [5.74, 6) is -0.0249. The maximum Gasteiger partial charge on any atom is 0.269 e. The molecule has 0 atom stereocenters. The van der Waals surface area contributed by atoms with Crippen LogP contribution in [0.4, 0.5) is 5.69 Å². The maximum absolute atomic E-state index is 12.2. The van der Waals surface area contributed by atoms with Gasteiger partial charge < -0.3 is 15.1 Å². The number of rotatable bonds is 6. The number of pyridine rings is 1. The fraction of sp³-hybridized carbons (Fsp3) is 0.381. The first kappa shape index (κ1) is 18.9. The molecule has 0 spiro atoms. The number of hydrogen-bond donors (Lipinski definition) is 1. The summed E-state index contributed by atoms with van der Waals surface area (Å²) in [6.45, 7) is 5.24. The molecule has 1 aromatic heterocycles. The van der Waals surface area contributed by atoms with E-state index in [9.17, 15) is 9.59 Å². The standard InChI is InChI=1S/C21H26N4O2/c1-17(26)24-12-14-25(15-13-24)19-9-10-20(23-16-19)21(27)22-11-5-8-18-6-3-2-4-7-18/h2-4,6-7,9-10,16H,5,8,11-15H2,1H3,(H,22,27). The van der Waals surface area contributed by atoms with Crippen LogP contribution in [0.15, 0.2) is 48.7 Å². The van der Waals surface area contributed by atoms with Crippen molar-refractivity contribution in [1.82, 2.24) is 15.2 Å². The lowest BCUT2D eigenvalue weighted by molar-refractivity contribution is -0.129. The van der Waals surface area contributed by atoms with Gasteiger partial charge in [0.25, 0.3) is 5.91 Å². The van der Waals surface area contributed by atoms with Crippen LogP contribution in [-0.2, 0) is 11.2 Å². The summed E-state index contributed by atoms with van der Waals surface area (Å²) in [6, 6.07) is 13.9. The second-order valence-electron chi connectivity index (χ2n) is 6.74. The number of nitrogens with one attached hydrogen (secondary N) is 1. The Labute approximate surface area is 160 Å². The Morgan fingerprint density at radius 2 is 1.78 bits per heavy atom. The smallest absolute Gasteiger partial charge is 0.269 e. The number of hydrogen-bond acceptors (Lipinski definition) is 4. The van der Waals surface area contributed by atoms with Gasteiger partial charge in [-0.3, -0.25) is 9.59 Å². The number of aryl methyl sites for hydroxylation is 1. The molecule has 0 aliphatic carbocycles. The number of benzene rings is 1. The first-order valence-electron chi connectivity index (χ1n) is 9.42. The molecule has 1 aromatic carbocycles. The maximum atomic E-state index is 12.2. The molecule has 2 aromatic rings. The topological polar surface area (TPSA) is 65.5 Å². The highest BCUT2D eigenvalue weighted by Gasteiger charge is 2.19. The first-order chi connectivity index (χ1) is 13.1. The Kier molecular flexibility index (Phi) is 6.41. The van der Waals surface area contributed by atoms with E-state index in [1.165, 1.54) is 5.56 Å². The zero-order valence-electron chi connectivity index (χ0n) is 15.7. The van der Waals surface area contributed by atoms with Crippen molar-refractivity contribution in [2.45, 2.75) is 19.8 Å². The Balaban J connectivity index is 1.44. The highest BCUT2D eigenvalue weighted by atomic mass is 16.2. The summed E-state index contributed by atoms with van der Waals surface area (Å²) in [5, 5.41) is 2.93. The number of anilines is 1. The zero-order chi connectivity index (χ0) is 19.1. The fourth-order valence-electron chi connectivity index (χ4n) is 3.22. The Morgan fingerprint density at radius 3 is 2.41 bits per heavy atom. The molecule has 0 bridgehead atoms. The lowest BCUT2D eigenvalue weighted by Gasteiger charge is -2.35. The molecule has 1 fully saturated rings. The second-order valence-corrected chi connectivity index (χ2v) is 6.74. The van der Waals surface area contributed by atoms with Crippen molar-refractivity contribution in [3.63, 3.8) is 0 Å². The van der Waals surface area contributed by atoms with Gasteiger partial charge in [0.05, 0.1) is 11.9 Å². The minimum absolute atomic E-state index is 0.118. The van der Waals surface area contributed by atoms with Gasteiger partial charge in [0, 0.05) is 39.6 Å². The van der Waals surface area contributed by atoms with Gasteiger partial charge >= 0.3 is 0 Å². The first-order valence-corrected chi connectivity index (χ1v) is 9.42. The van der Waals surface area contributed by atoms with Crippen LogP contribution in [0.1, 0.15) is 29.4 Å². The zero-order valence-corrected chi connectivity index (χ0v) is 15.7. The number of piperazine rings is 1. The van der Waals surface area contributed by atoms with Gasteiger partial charge in [-0.05, 0) is 30.5 Å². The van der Waals surface area contributed by atoms with E-state index in [-0.39, 0.29) is 11.8 Å². The molecule has 1 saturated heterocycles. The van der Waals surface area contributed by atoms with Gasteiger partial charge in [-0.2, -0.15) is 0 Å². The highest BCUT2D eigenvalue weighted by molar-refractivity contribution is 5.92. The van der Waals surface area contributed by atoms with Crippen molar-refractivity contribution >= 4 is 17.5 Å². The van der Waals surface area contributed by atoms with Crippen LogP contribution in [0.3, 0.4) is 0 Å². The van der Waals surface area contributed by atoms with Crippen molar-refractivity contribution in [3.8, 4) is 0 Å². The van der Waals surface area contributed by atoms with Crippen LogP contribution in [0.25, 0.3) is 0 Å². The van der Waals surface area contributed by atoms with Gasteiger partial charge in [0.1, 0.15) is 5.69 Å². The molecule has 0 radical (unpaired) electrons. The predicted octanol–water partition coefficient (Wildman–Crippen LogP) is 2.11. The van der Waals surface area contributed by atoms with E-state index in [1.807, 2.05) is 29.2 Å². The molecule has 142 valence electrons. The quantitative estimate of drug-likeness (QED) is 0.796. The van der Waals surface area contributed by atoms with E-state index >= 15 is 0 Å². The van der Waals surface area contributed by atoms with Crippen molar-refractivity contribution in [2.24, 2.45) is 0 Å². The van der Waals surface area contributed by atoms with Gasteiger partial charge in [-0.25, -0.2) is 4.98 Å². The molecular formula is C21H26N4O2. The summed E-state index contributed by atoms with van der Waals surface area (Å²) < 4.78 is 0. The third-order valence-corrected chi connectivity index (χ3v) is 4.84. The van der Waals surface area contributed by atoms with E-state index in [0.717, 1.165) is 44.7 Å². The molecule has 1 aliphatic heterocycles. The van der Waals surface area contributed by atoms with E-state index < -0.39 is 0 Å². The normalized spacial score (nSPS) is 14.1.